The molecular weight excluding hydrogens is 412 g/mol. The molecule has 5 atom stereocenters. The van der Waals surface area contributed by atoms with E-state index in [2.05, 4.69) is 0 Å². The highest BCUT2D eigenvalue weighted by Crippen LogP contribution is 2.37. The molecule has 1 saturated heterocycles. The maximum absolute atomic E-state index is 11.1. The molecule has 2 aromatic rings. The lowest BCUT2D eigenvalue weighted by atomic mass is 9.86. The fourth-order valence-electron chi connectivity index (χ4n) is 4.58. The maximum Gasteiger partial charge on any atom is 0.222 e. The van der Waals surface area contributed by atoms with Crippen LogP contribution in [0.5, 0.6) is 5.75 Å². The number of aryl methyl sites for hydroxylation is 1. The molecule has 5 N–H and O–H groups in total. The number of aliphatic hydroxyl groups excluding tert-OH is 4. The van der Waals surface area contributed by atoms with Gasteiger partial charge in [-0.2, -0.15) is 0 Å². The van der Waals surface area contributed by atoms with E-state index in [9.17, 15) is 25.5 Å². The molecule has 7 nitrogen and oxygen atoms in total. The van der Waals surface area contributed by atoms with E-state index in [1.54, 1.807) is 12.1 Å². The highest BCUT2D eigenvalue weighted by Gasteiger charge is 2.53. The lowest BCUT2D eigenvalue weighted by Crippen LogP contribution is -2.63. The summed E-state index contributed by atoms with van der Waals surface area (Å²) < 4.78 is 11.5. The average Bonchev–Trinajstić information content (AvgIpc) is 3.30. The standard InChI is InChI=1S/C25H32O7/c1-15-6-9-18(25(30)24(29)23(28)22(27)21(14-26)32-25)13-17(15)12-16-7-10-20(11-8-16)31-19-4-2-3-5-19/h6-11,13,19,21-24,26-30H,2-5,12,14H2,1H3/t21-,22-,23+,24-,25-/m1/s1. The second-order valence-corrected chi connectivity index (χ2v) is 8.95. The first-order valence-electron chi connectivity index (χ1n) is 11.2. The Morgan fingerprint density at radius 3 is 2.34 bits per heavy atom. The summed E-state index contributed by atoms with van der Waals surface area (Å²) >= 11 is 0. The summed E-state index contributed by atoms with van der Waals surface area (Å²) in [5.74, 6) is -1.39. The first kappa shape index (κ1) is 23.2. The average molecular weight is 445 g/mol. The van der Waals surface area contributed by atoms with Gasteiger partial charge in [0.05, 0.1) is 12.7 Å². The highest BCUT2D eigenvalue weighted by molar-refractivity contribution is 5.39. The topological polar surface area (TPSA) is 120 Å². The van der Waals surface area contributed by atoms with Gasteiger partial charge in [-0.15, -0.1) is 0 Å². The van der Waals surface area contributed by atoms with Crippen LogP contribution in [-0.2, 0) is 16.9 Å². The molecule has 2 aliphatic rings. The third kappa shape index (κ3) is 4.55. The Balaban J connectivity index is 1.53. The Bertz CT molecular complexity index is 907. The number of hydrogen-bond acceptors (Lipinski definition) is 7. The largest absolute Gasteiger partial charge is 0.490 e. The molecule has 0 amide bonds. The minimum atomic E-state index is -2.26. The molecule has 1 aliphatic heterocycles. The lowest BCUT2D eigenvalue weighted by Gasteiger charge is -2.45. The van der Waals surface area contributed by atoms with E-state index in [0.29, 0.717) is 12.5 Å². The summed E-state index contributed by atoms with van der Waals surface area (Å²) in [6.07, 6.45) is -0.632. The summed E-state index contributed by atoms with van der Waals surface area (Å²) in [4.78, 5) is 0. The zero-order valence-corrected chi connectivity index (χ0v) is 18.2. The fourth-order valence-corrected chi connectivity index (χ4v) is 4.58. The fraction of sp³-hybridized carbons (Fsp3) is 0.520. The number of hydrogen-bond donors (Lipinski definition) is 5. The van der Waals surface area contributed by atoms with Gasteiger partial charge in [-0.3, -0.25) is 0 Å². The van der Waals surface area contributed by atoms with E-state index < -0.39 is 36.8 Å². The predicted octanol–water partition coefficient (Wildman–Crippen LogP) is 1.53. The SMILES string of the molecule is Cc1ccc([C@@]2(O)O[C@H](CO)[C@@H](O)[C@H](O)[C@H]2O)cc1Cc1ccc(OC2CCCC2)cc1. The van der Waals surface area contributed by atoms with Crippen LogP contribution in [0.1, 0.15) is 47.9 Å². The number of ether oxygens (including phenoxy) is 2. The summed E-state index contributed by atoms with van der Waals surface area (Å²) in [7, 11) is 0. The van der Waals surface area contributed by atoms with E-state index in [0.717, 1.165) is 35.3 Å². The third-order valence-corrected chi connectivity index (χ3v) is 6.65. The van der Waals surface area contributed by atoms with E-state index in [4.69, 9.17) is 9.47 Å². The molecule has 0 radical (unpaired) electrons. The van der Waals surface area contributed by atoms with E-state index >= 15 is 0 Å². The molecule has 174 valence electrons. The molecule has 7 heteroatoms. The molecule has 2 aromatic carbocycles. The Morgan fingerprint density at radius 2 is 1.69 bits per heavy atom. The van der Waals surface area contributed by atoms with Crippen molar-refractivity contribution in [1.82, 2.24) is 0 Å². The van der Waals surface area contributed by atoms with Gasteiger partial charge < -0.3 is 35.0 Å². The molecule has 0 aromatic heterocycles. The molecule has 1 aliphatic carbocycles. The van der Waals surface area contributed by atoms with Crippen molar-refractivity contribution in [3.63, 3.8) is 0 Å². The maximum atomic E-state index is 11.1. The monoisotopic (exact) mass is 444 g/mol. The molecule has 4 rings (SSSR count). The van der Waals surface area contributed by atoms with Gasteiger partial charge in [0.1, 0.15) is 30.2 Å². The van der Waals surface area contributed by atoms with Crippen LogP contribution in [0, 0.1) is 6.92 Å². The second-order valence-electron chi connectivity index (χ2n) is 8.95. The molecule has 2 fully saturated rings. The second kappa shape index (κ2) is 9.47. The van der Waals surface area contributed by atoms with Gasteiger partial charge in [-0.05, 0) is 73.9 Å². The van der Waals surface area contributed by atoms with Gasteiger partial charge in [-0.1, -0.05) is 24.3 Å². The quantitative estimate of drug-likeness (QED) is 0.458. The van der Waals surface area contributed by atoms with E-state index in [1.807, 2.05) is 37.3 Å². The lowest BCUT2D eigenvalue weighted by molar-refractivity contribution is -0.357. The summed E-state index contributed by atoms with van der Waals surface area (Å²) in [6.45, 7) is 1.34. The van der Waals surface area contributed by atoms with Gasteiger partial charge in [0.15, 0.2) is 0 Å². The summed E-state index contributed by atoms with van der Waals surface area (Å²) in [5.41, 5.74) is 3.21. The normalized spacial score (nSPS) is 31.1. The summed E-state index contributed by atoms with van der Waals surface area (Å²) in [5, 5.41) is 51.1. The van der Waals surface area contributed by atoms with Gasteiger partial charge in [0.25, 0.3) is 0 Å². The van der Waals surface area contributed by atoms with Crippen LogP contribution in [0.4, 0.5) is 0 Å². The van der Waals surface area contributed by atoms with Crippen molar-refractivity contribution in [2.45, 2.75) is 75.3 Å². The Kier molecular flexibility index (Phi) is 6.86. The van der Waals surface area contributed by atoms with Crippen LogP contribution < -0.4 is 4.74 Å². The first-order chi connectivity index (χ1) is 15.3. The van der Waals surface area contributed by atoms with Crippen molar-refractivity contribution in [2.24, 2.45) is 0 Å². The number of aliphatic hydroxyl groups is 5. The van der Waals surface area contributed by atoms with Crippen molar-refractivity contribution >= 4 is 0 Å². The number of benzene rings is 2. The summed E-state index contributed by atoms with van der Waals surface area (Å²) in [6, 6.07) is 13.1. The Hall–Kier alpha value is -2.00. The predicted molar refractivity (Wildman–Crippen MR) is 117 cm³/mol. The molecule has 0 spiro atoms. The van der Waals surface area contributed by atoms with Crippen LogP contribution in [-0.4, -0.2) is 62.7 Å². The Labute approximate surface area is 187 Å². The Morgan fingerprint density at radius 1 is 1.00 bits per heavy atom. The smallest absolute Gasteiger partial charge is 0.222 e. The zero-order valence-electron chi connectivity index (χ0n) is 18.2. The van der Waals surface area contributed by atoms with Crippen molar-refractivity contribution in [2.75, 3.05) is 6.61 Å². The van der Waals surface area contributed by atoms with Crippen LogP contribution in [0.25, 0.3) is 0 Å². The van der Waals surface area contributed by atoms with Gasteiger partial charge >= 0.3 is 0 Å². The zero-order chi connectivity index (χ0) is 22.9. The first-order valence-corrected chi connectivity index (χ1v) is 11.2. The van der Waals surface area contributed by atoms with Crippen molar-refractivity contribution < 1.29 is 35.0 Å². The van der Waals surface area contributed by atoms with Crippen LogP contribution >= 0.6 is 0 Å². The van der Waals surface area contributed by atoms with Crippen molar-refractivity contribution in [3.05, 3.63) is 64.7 Å². The number of rotatable bonds is 6. The van der Waals surface area contributed by atoms with Crippen LogP contribution in [0.15, 0.2) is 42.5 Å². The molecule has 0 unspecified atom stereocenters. The molecule has 1 saturated carbocycles. The molecule has 32 heavy (non-hydrogen) atoms. The molecule has 1 heterocycles. The van der Waals surface area contributed by atoms with Gasteiger partial charge in [0.2, 0.25) is 5.79 Å². The molecule has 0 bridgehead atoms. The van der Waals surface area contributed by atoms with Gasteiger partial charge in [0, 0.05) is 5.56 Å². The minimum Gasteiger partial charge on any atom is -0.490 e. The minimum absolute atomic E-state index is 0.246. The van der Waals surface area contributed by atoms with E-state index in [1.165, 1.54) is 12.8 Å². The third-order valence-electron chi connectivity index (χ3n) is 6.65. The van der Waals surface area contributed by atoms with Crippen LogP contribution in [0.3, 0.4) is 0 Å². The van der Waals surface area contributed by atoms with E-state index in [-0.39, 0.29) is 5.56 Å². The van der Waals surface area contributed by atoms with Crippen molar-refractivity contribution in [1.29, 1.82) is 0 Å². The molecular formula is C25H32O7. The van der Waals surface area contributed by atoms with Crippen LogP contribution in [0.2, 0.25) is 0 Å². The van der Waals surface area contributed by atoms with Gasteiger partial charge in [-0.25, -0.2) is 0 Å². The van der Waals surface area contributed by atoms with Crippen molar-refractivity contribution in [3.8, 4) is 5.75 Å². The highest BCUT2D eigenvalue weighted by atomic mass is 16.7.